The predicted molar refractivity (Wildman–Crippen MR) is 70.0 cm³/mol. The fraction of sp³-hybridized carbons (Fsp3) is 0.500. The van der Waals surface area contributed by atoms with Gasteiger partial charge >= 0.3 is 6.18 Å². The normalized spacial score (nSPS) is 26.1. The van der Waals surface area contributed by atoms with Crippen LogP contribution in [0.3, 0.4) is 0 Å². The second-order valence-corrected chi connectivity index (χ2v) is 5.85. The van der Waals surface area contributed by atoms with Gasteiger partial charge in [-0.1, -0.05) is 6.07 Å². The Morgan fingerprint density at radius 3 is 2.71 bits per heavy atom. The van der Waals surface area contributed by atoms with Crippen LogP contribution in [0.1, 0.15) is 28.8 Å². The van der Waals surface area contributed by atoms with Crippen LogP contribution in [-0.4, -0.2) is 30.7 Å². The quantitative estimate of drug-likeness (QED) is 0.766. The molecule has 21 heavy (non-hydrogen) atoms. The van der Waals surface area contributed by atoms with Crippen LogP contribution < -0.4 is 15.5 Å². The number of hydrogen-bond donors (Lipinski definition) is 2. The fourth-order valence-electron chi connectivity index (χ4n) is 3.46. The van der Waals surface area contributed by atoms with E-state index in [-0.39, 0.29) is 17.3 Å². The van der Waals surface area contributed by atoms with Crippen molar-refractivity contribution in [3.8, 4) is 0 Å². The third-order valence-electron chi connectivity index (χ3n) is 4.61. The van der Waals surface area contributed by atoms with Gasteiger partial charge in [0.05, 0.1) is 22.4 Å². The standard InChI is InChI=1S/C14H14F3N3O/c15-14(16,17)8-2-1-3-9-10(8)11(21)19-12-13(4-5-13)18-6-7-20(9)12/h1-3,12,18H,4-7H2,(H,19,21). The van der Waals surface area contributed by atoms with E-state index in [1.54, 1.807) is 6.07 Å². The second kappa shape index (κ2) is 3.91. The van der Waals surface area contributed by atoms with Crippen LogP contribution in [-0.2, 0) is 6.18 Å². The Hall–Kier alpha value is -1.76. The first kappa shape index (κ1) is 12.9. The summed E-state index contributed by atoms with van der Waals surface area (Å²) in [5.74, 6) is -0.630. The molecule has 2 fully saturated rings. The molecule has 0 aromatic heterocycles. The van der Waals surface area contributed by atoms with Crippen LogP contribution in [0.2, 0.25) is 0 Å². The smallest absolute Gasteiger partial charge is 0.348 e. The molecule has 0 bridgehead atoms. The van der Waals surface area contributed by atoms with Crippen molar-refractivity contribution in [3.05, 3.63) is 29.3 Å². The van der Waals surface area contributed by atoms with Gasteiger partial charge in [0.15, 0.2) is 0 Å². The molecular weight excluding hydrogens is 283 g/mol. The number of rotatable bonds is 0. The summed E-state index contributed by atoms with van der Waals surface area (Å²) in [4.78, 5) is 14.2. The number of alkyl halides is 3. The summed E-state index contributed by atoms with van der Waals surface area (Å²) in [5.41, 5.74) is -0.885. The van der Waals surface area contributed by atoms with Crippen LogP contribution in [0.4, 0.5) is 18.9 Å². The Bertz CT molecular complexity index is 624. The summed E-state index contributed by atoms with van der Waals surface area (Å²) < 4.78 is 39.4. The zero-order valence-electron chi connectivity index (χ0n) is 11.1. The molecule has 1 amide bonds. The van der Waals surface area contributed by atoms with Crippen LogP contribution in [0.25, 0.3) is 0 Å². The molecule has 1 saturated heterocycles. The molecule has 4 nitrogen and oxygen atoms in total. The molecule has 2 aliphatic heterocycles. The highest BCUT2D eigenvalue weighted by atomic mass is 19.4. The number of carbonyl (C=O) groups is 1. The Kier molecular flexibility index (Phi) is 2.41. The summed E-state index contributed by atoms with van der Waals surface area (Å²) in [5, 5.41) is 6.15. The highest BCUT2D eigenvalue weighted by Crippen LogP contribution is 2.46. The first-order valence-electron chi connectivity index (χ1n) is 6.95. The van der Waals surface area contributed by atoms with E-state index in [9.17, 15) is 18.0 Å². The van der Waals surface area contributed by atoms with Gasteiger partial charge in [-0.2, -0.15) is 13.2 Å². The molecule has 1 spiro atoms. The number of hydrogen-bond acceptors (Lipinski definition) is 3. The number of fused-ring (bicyclic) bond motifs is 4. The van der Waals surface area contributed by atoms with Crippen molar-refractivity contribution in [2.45, 2.75) is 30.7 Å². The zero-order valence-corrected chi connectivity index (χ0v) is 11.1. The maximum absolute atomic E-state index is 13.1. The molecule has 1 atom stereocenters. The number of nitrogens with one attached hydrogen (secondary N) is 2. The summed E-state index contributed by atoms with van der Waals surface area (Å²) >= 11 is 0. The van der Waals surface area contributed by atoms with Crippen molar-refractivity contribution in [3.63, 3.8) is 0 Å². The summed E-state index contributed by atoms with van der Waals surface area (Å²) in [6.45, 7) is 1.29. The Balaban J connectivity index is 1.86. The van der Waals surface area contributed by atoms with Gasteiger partial charge in [-0.05, 0) is 25.0 Å². The largest absolute Gasteiger partial charge is 0.417 e. The summed E-state index contributed by atoms with van der Waals surface area (Å²) in [6.07, 6.45) is -2.92. The van der Waals surface area contributed by atoms with Gasteiger partial charge in [-0.3, -0.25) is 4.79 Å². The number of amides is 1. The first-order chi connectivity index (χ1) is 9.92. The van der Waals surface area contributed by atoms with Gasteiger partial charge < -0.3 is 15.5 Å². The third-order valence-corrected chi connectivity index (χ3v) is 4.61. The van der Waals surface area contributed by atoms with Gasteiger partial charge in [0.25, 0.3) is 5.91 Å². The van der Waals surface area contributed by atoms with Gasteiger partial charge in [0.2, 0.25) is 0 Å². The minimum absolute atomic E-state index is 0.167. The molecule has 3 aliphatic rings. The van der Waals surface area contributed by atoms with E-state index < -0.39 is 17.6 Å². The molecule has 1 aliphatic carbocycles. The molecule has 0 radical (unpaired) electrons. The molecule has 4 rings (SSSR count). The van der Waals surface area contributed by atoms with Gasteiger partial charge in [0, 0.05) is 13.1 Å². The van der Waals surface area contributed by atoms with Gasteiger partial charge in [-0.15, -0.1) is 0 Å². The van der Waals surface area contributed by atoms with Crippen LogP contribution in [0.15, 0.2) is 18.2 Å². The zero-order chi connectivity index (χ0) is 14.8. The molecule has 7 heteroatoms. The molecule has 1 aromatic rings. The molecule has 2 N–H and O–H groups in total. The lowest BCUT2D eigenvalue weighted by molar-refractivity contribution is -0.138. The number of benzene rings is 1. The average molecular weight is 297 g/mol. The SMILES string of the molecule is O=C1NC2N(CCNC23CC3)c2cccc(C(F)(F)F)c21. The molecular formula is C14H14F3N3O. The minimum Gasteiger partial charge on any atom is -0.348 e. The van der Waals surface area contributed by atoms with Crippen molar-refractivity contribution in [2.75, 3.05) is 18.0 Å². The summed E-state index contributed by atoms with van der Waals surface area (Å²) in [6, 6.07) is 3.95. The van der Waals surface area contributed by atoms with Crippen LogP contribution >= 0.6 is 0 Å². The predicted octanol–water partition coefficient (Wildman–Crippen LogP) is 1.72. The second-order valence-electron chi connectivity index (χ2n) is 5.85. The van der Waals surface area contributed by atoms with Crippen molar-refractivity contribution in [1.82, 2.24) is 10.6 Å². The van der Waals surface area contributed by atoms with Crippen LogP contribution in [0.5, 0.6) is 0 Å². The monoisotopic (exact) mass is 297 g/mol. The number of carbonyl (C=O) groups excluding carboxylic acids is 1. The van der Waals surface area contributed by atoms with Crippen molar-refractivity contribution in [2.24, 2.45) is 0 Å². The molecule has 1 aromatic carbocycles. The number of piperazine rings is 1. The Morgan fingerprint density at radius 1 is 1.29 bits per heavy atom. The van der Waals surface area contributed by atoms with Crippen LogP contribution in [0, 0.1) is 0 Å². The average Bonchev–Trinajstić information content (AvgIpc) is 3.19. The number of halogens is 3. The lowest BCUT2D eigenvalue weighted by atomic mass is 9.96. The minimum atomic E-state index is -4.53. The first-order valence-corrected chi connectivity index (χ1v) is 6.95. The Labute approximate surface area is 119 Å². The lowest BCUT2D eigenvalue weighted by Gasteiger charge is -2.47. The van der Waals surface area contributed by atoms with E-state index in [0.29, 0.717) is 18.8 Å². The van der Waals surface area contributed by atoms with E-state index in [4.69, 9.17) is 0 Å². The third kappa shape index (κ3) is 1.76. The lowest BCUT2D eigenvalue weighted by Crippen LogP contribution is -2.68. The molecule has 1 unspecified atom stereocenters. The fourth-order valence-corrected chi connectivity index (χ4v) is 3.46. The van der Waals surface area contributed by atoms with E-state index in [1.165, 1.54) is 6.07 Å². The highest BCUT2D eigenvalue weighted by molar-refractivity contribution is 6.03. The molecule has 2 heterocycles. The maximum atomic E-state index is 13.1. The van der Waals surface area contributed by atoms with Crippen molar-refractivity contribution < 1.29 is 18.0 Å². The van der Waals surface area contributed by atoms with Gasteiger partial charge in [-0.25, -0.2) is 0 Å². The maximum Gasteiger partial charge on any atom is 0.417 e. The molecule has 112 valence electrons. The van der Waals surface area contributed by atoms with E-state index >= 15 is 0 Å². The van der Waals surface area contributed by atoms with Crippen molar-refractivity contribution >= 4 is 11.6 Å². The molecule has 1 saturated carbocycles. The number of nitrogens with zero attached hydrogens (tertiary/aromatic N) is 1. The van der Waals surface area contributed by atoms with E-state index in [0.717, 1.165) is 18.9 Å². The Morgan fingerprint density at radius 2 is 2.05 bits per heavy atom. The van der Waals surface area contributed by atoms with Crippen molar-refractivity contribution in [1.29, 1.82) is 0 Å². The van der Waals surface area contributed by atoms with Gasteiger partial charge in [0.1, 0.15) is 6.17 Å². The van der Waals surface area contributed by atoms with E-state index in [2.05, 4.69) is 10.6 Å². The topological polar surface area (TPSA) is 44.4 Å². The van der Waals surface area contributed by atoms with E-state index in [1.807, 2.05) is 4.90 Å². The number of anilines is 1. The highest BCUT2D eigenvalue weighted by Gasteiger charge is 2.56. The summed E-state index contributed by atoms with van der Waals surface area (Å²) in [7, 11) is 0.